The Hall–Kier alpha value is -2.47. The van der Waals surface area contributed by atoms with Gasteiger partial charge in [-0.05, 0) is 31.4 Å². The van der Waals surface area contributed by atoms with Crippen molar-refractivity contribution in [3.8, 4) is 11.3 Å². The highest BCUT2D eigenvalue weighted by Gasteiger charge is 2.22. The monoisotopic (exact) mass is 324 g/mol. The molecule has 0 bridgehead atoms. The molecule has 0 unspecified atom stereocenters. The van der Waals surface area contributed by atoms with Gasteiger partial charge in [0.2, 0.25) is 0 Å². The third-order valence-electron chi connectivity index (χ3n) is 4.06. The molecule has 0 saturated heterocycles. The van der Waals surface area contributed by atoms with Gasteiger partial charge in [-0.2, -0.15) is 5.10 Å². The summed E-state index contributed by atoms with van der Waals surface area (Å²) >= 11 is 1.57. The fourth-order valence-electron chi connectivity index (χ4n) is 2.94. The molecule has 0 aliphatic heterocycles. The molecule has 1 amide bonds. The summed E-state index contributed by atoms with van der Waals surface area (Å²) < 4.78 is 1.68. The number of hydrogen-bond donors (Lipinski definition) is 1. The summed E-state index contributed by atoms with van der Waals surface area (Å²) in [6.45, 7) is 2.63. The van der Waals surface area contributed by atoms with E-state index in [2.05, 4.69) is 33.6 Å². The molecule has 1 aromatic carbocycles. The zero-order valence-electron chi connectivity index (χ0n) is 12.7. The number of rotatable bonds is 3. The first-order valence-electron chi connectivity index (χ1n) is 7.67. The number of hydrogen-bond acceptors (Lipinski definition) is 4. The average molecular weight is 324 g/mol. The van der Waals surface area contributed by atoms with Gasteiger partial charge in [-0.25, -0.2) is 4.98 Å². The Kier molecular flexibility index (Phi) is 3.46. The summed E-state index contributed by atoms with van der Waals surface area (Å²) in [5.41, 5.74) is 4.08. The third kappa shape index (κ3) is 2.45. The first kappa shape index (κ1) is 14.1. The largest absolute Gasteiger partial charge is 0.296 e. The van der Waals surface area contributed by atoms with Crippen LogP contribution in [0.4, 0.5) is 5.13 Å². The standard InChI is InChI=1S/C17H16N4OS/c1-2-21-13(9-10-18-21)16(22)20-17-19-15-12-6-4-3-5-11(12)7-8-14(15)23-17/h3-6,9-10H,2,7-8H2,1H3,(H,19,20,22). The Morgan fingerprint density at radius 2 is 2.17 bits per heavy atom. The van der Waals surface area contributed by atoms with E-state index in [9.17, 15) is 4.79 Å². The van der Waals surface area contributed by atoms with E-state index in [1.54, 1.807) is 28.3 Å². The zero-order valence-corrected chi connectivity index (χ0v) is 13.6. The SMILES string of the molecule is CCn1nccc1C(=O)Nc1nc2c(s1)CCc1ccccc1-2. The van der Waals surface area contributed by atoms with Gasteiger partial charge in [0.1, 0.15) is 5.69 Å². The van der Waals surface area contributed by atoms with E-state index < -0.39 is 0 Å². The van der Waals surface area contributed by atoms with Crippen LogP contribution in [0, 0.1) is 0 Å². The second kappa shape index (κ2) is 5.62. The molecule has 5 nitrogen and oxygen atoms in total. The number of carbonyl (C=O) groups excluding carboxylic acids is 1. The minimum Gasteiger partial charge on any atom is -0.296 e. The van der Waals surface area contributed by atoms with Gasteiger partial charge in [0.25, 0.3) is 5.91 Å². The van der Waals surface area contributed by atoms with Crippen molar-refractivity contribution in [2.45, 2.75) is 26.3 Å². The van der Waals surface area contributed by atoms with Crippen molar-refractivity contribution in [1.82, 2.24) is 14.8 Å². The molecule has 23 heavy (non-hydrogen) atoms. The van der Waals surface area contributed by atoms with Gasteiger partial charge >= 0.3 is 0 Å². The van der Waals surface area contributed by atoms with Crippen molar-refractivity contribution in [3.63, 3.8) is 0 Å². The van der Waals surface area contributed by atoms with Crippen LogP contribution in [0.25, 0.3) is 11.3 Å². The molecule has 2 heterocycles. The molecular weight excluding hydrogens is 308 g/mol. The summed E-state index contributed by atoms with van der Waals surface area (Å²) in [4.78, 5) is 18.3. The fraction of sp³-hybridized carbons (Fsp3) is 0.235. The molecule has 0 atom stereocenters. The minimum atomic E-state index is -0.163. The molecule has 1 aliphatic carbocycles. The molecule has 0 spiro atoms. The van der Waals surface area contributed by atoms with Crippen molar-refractivity contribution in [2.75, 3.05) is 5.32 Å². The van der Waals surface area contributed by atoms with Crippen molar-refractivity contribution in [3.05, 3.63) is 52.7 Å². The lowest BCUT2D eigenvalue weighted by Crippen LogP contribution is -2.17. The van der Waals surface area contributed by atoms with Crippen LogP contribution in [-0.4, -0.2) is 20.7 Å². The number of thiazole rings is 1. The predicted octanol–water partition coefficient (Wildman–Crippen LogP) is 3.38. The van der Waals surface area contributed by atoms with E-state index in [0.29, 0.717) is 17.4 Å². The molecule has 116 valence electrons. The van der Waals surface area contributed by atoms with E-state index in [1.807, 2.05) is 13.0 Å². The number of nitrogens with zero attached hydrogens (tertiary/aromatic N) is 3. The summed E-state index contributed by atoms with van der Waals surface area (Å²) in [6.07, 6.45) is 3.65. The van der Waals surface area contributed by atoms with Gasteiger partial charge in [-0.3, -0.25) is 14.8 Å². The Morgan fingerprint density at radius 1 is 1.30 bits per heavy atom. The van der Waals surface area contributed by atoms with Gasteiger partial charge < -0.3 is 0 Å². The molecule has 4 rings (SSSR count). The number of fused-ring (bicyclic) bond motifs is 3. The highest BCUT2D eigenvalue weighted by atomic mass is 32.1. The van der Waals surface area contributed by atoms with Crippen LogP contribution < -0.4 is 5.32 Å². The van der Waals surface area contributed by atoms with Gasteiger partial charge in [0.05, 0.1) is 5.69 Å². The molecule has 0 fully saturated rings. The summed E-state index contributed by atoms with van der Waals surface area (Å²) in [7, 11) is 0. The number of aromatic nitrogens is 3. The highest BCUT2D eigenvalue weighted by molar-refractivity contribution is 7.16. The number of anilines is 1. The normalized spacial score (nSPS) is 12.6. The number of nitrogens with one attached hydrogen (secondary N) is 1. The Labute approximate surface area is 138 Å². The van der Waals surface area contributed by atoms with Crippen LogP contribution in [0.3, 0.4) is 0 Å². The van der Waals surface area contributed by atoms with Crippen LogP contribution >= 0.6 is 11.3 Å². The number of aryl methyl sites for hydroxylation is 3. The molecule has 1 N–H and O–H groups in total. The summed E-state index contributed by atoms with van der Waals surface area (Å²) in [6, 6.07) is 10.1. The van der Waals surface area contributed by atoms with E-state index >= 15 is 0 Å². The molecule has 6 heteroatoms. The Balaban J connectivity index is 1.63. The fourth-order valence-corrected chi connectivity index (χ4v) is 3.91. The molecule has 1 aliphatic rings. The number of carbonyl (C=O) groups is 1. The maximum Gasteiger partial charge on any atom is 0.275 e. The smallest absolute Gasteiger partial charge is 0.275 e. The van der Waals surface area contributed by atoms with Gasteiger partial charge in [0.15, 0.2) is 5.13 Å². The van der Waals surface area contributed by atoms with Crippen molar-refractivity contribution < 1.29 is 4.79 Å². The van der Waals surface area contributed by atoms with E-state index in [4.69, 9.17) is 0 Å². The first-order chi connectivity index (χ1) is 11.3. The van der Waals surface area contributed by atoms with Crippen LogP contribution in [0.15, 0.2) is 36.5 Å². The second-order valence-corrected chi connectivity index (χ2v) is 6.52. The van der Waals surface area contributed by atoms with Crippen LogP contribution in [-0.2, 0) is 19.4 Å². The quantitative estimate of drug-likeness (QED) is 0.803. The zero-order chi connectivity index (χ0) is 15.8. The topological polar surface area (TPSA) is 59.8 Å². The number of benzene rings is 1. The van der Waals surface area contributed by atoms with Gasteiger partial charge in [-0.15, -0.1) is 11.3 Å². The summed E-state index contributed by atoms with van der Waals surface area (Å²) in [5, 5.41) is 7.70. The van der Waals surface area contributed by atoms with Crippen LogP contribution in [0.2, 0.25) is 0 Å². The van der Waals surface area contributed by atoms with Crippen molar-refractivity contribution in [1.29, 1.82) is 0 Å². The van der Waals surface area contributed by atoms with Crippen molar-refractivity contribution >= 4 is 22.4 Å². The Morgan fingerprint density at radius 3 is 3.04 bits per heavy atom. The predicted molar refractivity (Wildman–Crippen MR) is 90.8 cm³/mol. The lowest BCUT2D eigenvalue weighted by atomic mass is 9.94. The summed E-state index contributed by atoms with van der Waals surface area (Å²) in [5.74, 6) is -0.163. The molecular formula is C17H16N4OS. The third-order valence-corrected chi connectivity index (χ3v) is 5.09. The van der Waals surface area contributed by atoms with Crippen LogP contribution in [0.5, 0.6) is 0 Å². The first-order valence-corrected chi connectivity index (χ1v) is 8.49. The average Bonchev–Trinajstić information content (AvgIpc) is 3.20. The van der Waals surface area contributed by atoms with E-state index in [-0.39, 0.29) is 5.91 Å². The van der Waals surface area contributed by atoms with Crippen molar-refractivity contribution in [2.24, 2.45) is 0 Å². The molecule has 0 saturated carbocycles. The lowest BCUT2D eigenvalue weighted by molar-refractivity contribution is 0.101. The maximum absolute atomic E-state index is 12.4. The Bertz CT molecular complexity index is 880. The van der Waals surface area contributed by atoms with E-state index in [0.717, 1.165) is 18.5 Å². The van der Waals surface area contributed by atoms with Gasteiger partial charge in [-0.1, -0.05) is 24.3 Å². The lowest BCUT2D eigenvalue weighted by Gasteiger charge is -2.13. The van der Waals surface area contributed by atoms with Gasteiger partial charge in [0, 0.05) is 23.2 Å². The minimum absolute atomic E-state index is 0.163. The maximum atomic E-state index is 12.4. The number of amides is 1. The molecule has 3 aromatic rings. The van der Waals surface area contributed by atoms with Crippen LogP contribution in [0.1, 0.15) is 27.9 Å². The van der Waals surface area contributed by atoms with E-state index in [1.165, 1.54) is 16.0 Å². The molecule has 2 aromatic heterocycles. The molecule has 0 radical (unpaired) electrons. The second-order valence-electron chi connectivity index (χ2n) is 5.43. The highest BCUT2D eigenvalue weighted by Crippen LogP contribution is 2.37.